The second-order valence-electron chi connectivity index (χ2n) is 7.32. The van der Waals surface area contributed by atoms with Gasteiger partial charge in [-0.05, 0) is 44.2 Å². The first-order chi connectivity index (χ1) is 16.0. The Balaban J connectivity index is 1.62. The zero-order valence-electron chi connectivity index (χ0n) is 18.6. The number of para-hydroxylation sites is 1. The monoisotopic (exact) mass is 448 g/mol. The topological polar surface area (TPSA) is 108 Å². The van der Waals surface area contributed by atoms with Gasteiger partial charge < -0.3 is 19.3 Å². The van der Waals surface area contributed by atoms with Crippen molar-refractivity contribution in [1.29, 1.82) is 0 Å². The molecule has 0 fully saturated rings. The van der Waals surface area contributed by atoms with Crippen LogP contribution in [0.4, 0.5) is 0 Å². The molecule has 0 unspecified atom stereocenters. The molecule has 0 bridgehead atoms. The third kappa shape index (κ3) is 4.57. The lowest BCUT2D eigenvalue weighted by atomic mass is 10.1. The predicted octanol–water partition coefficient (Wildman–Crippen LogP) is 3.08. The second kappa shape index (κ2) is 9.56. The third-order valence-corrected chi connectivity index (χ3v) is 5.16. The summed E-state index contributed by atoms with van der Waals surface area (Å²) >= 11 is 0. The number of nitrogens with one attached hydrogen (secondary N) is 1. The van der Waals surface area contributed by atoms with E-state index < -0.39 is 5.56 Å². The summed E-state index contributed by atoms with van der Waals surface area (Å²) in [7, 11) is 1.58. The third-order valence-electron chi connectivity index (χ3n) is 5.16. The molecule has 0 saturated carbocycles. The summed E-state index contributed by atoms with van der Waals surface area (Å²) in [4.78, 5) is 25.6. The standard InChI is InChI=1S/C24H24N4O5/c1-4-32-19-8-6-5-7-17(19)13-25-20(29)14-28-24(30)23-21(15(2)33-27-23)22(26-28)16-9-11-18(31-3)12-10-16/h5-12H,4,13-14H2,1-3H3,(H,25,29). The molecule has 4 rings (SSSR count). The van der Waals surface area contributed by atoms with Gasteiger partial charge in [-0.25, -0.2) is 4.68 Å². The summed E-state index contributed by atoms with van der Waals surface area (Å²) in [5.74, 6) is 1.51. The second-order valence-corrected chi connectivity index (χ2v) is 7.32. The Morgan fingerprint density at radius 3 is 2.64 bits per heavy atom. The molecule has 0 spiro atoms. The van der Waals surface area contributed by atoms with Crippen LogP contribution in [-0.2, 0) is 17.9 Å². The maximum Gasteiger partial charge on any atom is 0.297 e. The summed E-state index contributed by atoms with van der Waals surface area (Å²) < 4.78 is 17.2. The first kappa shape index (κ1) is 22.1. The Morgan fingerprint density at radius 2 is 1.91 bits per heavy atom. The molecule has 1 amide bonds. The Labute approximate surface area is 189 Å². The van der Waals surface area contributed by atoms with Gasteiger partial charge in [-0.3, -0.25) is 9.59 Å². The number of methoxy groups -OCH3 is 1. The van der Waals surface area contributed by atoms with Crippen LogP contribution in [0, 0.1) is 6.92 Å². The number of benzene rings is 2. The minimum atomic E-state index is -0.496. The van der Waals surface area contributed by atoms with E-state index in [9.17, 15) is 9.59 Å². The maximum absolute atomic E-state index is 12.9. The predicted molar refractivity (Wildman–Crippen MR) is 122 cm³/mol. The molecule has 1 N–H and O–H groups in total. The summed E-state index contributed by atoms with van der Waals surface area (Å²) in [5, 5.41) is 11.7. The maximum atomic E-state index is 12.9. The van der Waals surface area contributed by atoms with E-state index in [2.05, 4.69) is 15.6 Å². The number of hydrogen-bond donors (Lipinski definition) is 1. The average molecular weight is 448 g/mol. The molecule has 2 aromatic heterocycles. The van der Waals surface area contributed by atoms with Crippen LogP contribution in [0.15, 0.2) is 57.8 Å². The van der Waals surface area contributed by atoms with Crippen LogP contribution in [-0.4, -0.2) is 34.6 Å². The van der Waals surface area contributed by atoms with E-state index in [4.69, 9.17) is 14.0 Å². The molecule has 4 aromatic rings. The van der Waals surface area contributed by atoms with Crippen LogP contribution in [0.3, 0.4) is 0 Å². The van der Waals surface area contributed by atoms with Crippen LogP contribution in [0.5, 0.6) is 11.5 Å². The van der Waals surface area contributed by atoms with E-state index in [0.29, 0.717) is 34.9 Å². The highest BCUT2D eigenvalue weighted by atomic mass is 16.5. The molecular formula is C24H24N4O5. The number of aromatic nitrogens is 3. The van der Waals surface area contributed by atoms with Crippen molar-refractivity contribution in [2.45, 2.75) is 26.9 Å². The van der Waals surface area contributed by atoms with E-state index >= 15 is 0 Å². The zero-order chi connectivity index (χ0) is 23.4. The van der Waals surface area contributed by atoms with Gasteiger partial charge in [-0.15, -0.1) is 0 Å². The van der Waals surface area contributed by atoms with Crippen molar-refractivity contribution in [2.75, 3.05) is 13.7 Å². The highest BCUT2D eigenvalue weighted by molar-refractivity contribution is 5.93. The Hall–Kier alpha value is -4.14. The normalized spacial score (nSPS) is 10.9. The highest BCUT2D eigenvalue weighted by Crippen LogP contribution is 2.28. The largest absolute Gasteiger partial charge is 0.497 e. The summed E-state index contributed by atoms with van der Waals surface area (Å²) in [6, 6.07) is 14.7. The molecule has 2 heterocycles. The molecule has 9 heteroatoms. The number of ether oxygens (including phenoxy) is 2. The van der Waals surface area contributed by atoms with Gasteiger partial charge in [0, 0.05) is 17.7 Å². The van der Waals surface area contributed by atoms with Gasteiger partial charge in [0.05, 0.1) is 19.1 Å². The smallest absolute Gasteiger partial charge is 0.297 e. The quantitative estimate of drug-likeness (QED) is 0.441. The molecule has 0 aliphatic rings. The molecular weight excluding hydrogens is 424 g/mol. The van der Waals surface area contributed by atoms with Gasteiger partial charge in [-0.2, -0.15) is 5.10 Å². The zero-order valence-corrected chi connectivity index (χ0v) is 18.6. The number of nitrogens with zero attached hydrogens (tertiary/aromatic N) is 3. The van der Waals surface area contributed by atoms with Gasteiger partial charge in [-0.1, -0.05) is 23.4 Å². The van der Waals surface area contributed by atoms with Gasteiger partial charge >= 0.3 is 0 Å². The minimum absolute atomic E-state index is 0.128. The fourth-order valence-corrected chi connectivity index (χ4v) is 3.53. The highest BCUT2D eigenvalue weighted by Gasteiger charge is 2.20. The fourth-order valence-electron chi connectivity index (χ4n) is 3.53. The van der Waals surface area contributed by atoms with E-state index in [0.717, 1.165) is 15.8 Å². The Kier molecular flexibility index (Phi) is 6.39. The number of amides is 1. The van der Waals surface area contributed by atoms with Crippen molar-refractivity contribution in [3.05, 3.63) is 70.2 Å². The molecule has 9 nitrogen and oxygen atoms in total. The number of rotatable bonds is 8. The molecule has 0 aliphatic heterocycles. The summed E-state index contributed by atoms with van der Waals surface area (Å²) in [5.41, 5.74) is 1.72. The summed E-state index contributed by atoms with van der Waals surface area (Å²) in [6.45, 7) is 4.14. The first-order valence-corrected chi connectivity index (χ1v) is 10.5. The molecule has 0 aliphatic carbocycles. The van der Waals surface area contributed by atoms with Crippen LogP contribution in [0.2, 0.25) is 0 Å². The number of hydrogen-bond acceptors (Lipinski definition) is 7. The molecule has 2 aromatic carbocycles. The van der Waals surface area contributed by atoms with Crippen molar-refractivity contribution < 1.29 is 18.8 Å². The van der Waals surface area contributed by atoms with Gasteiger partial charge in [0.15, 0.2) is 5.52 Å². The number of fused-ring (bicyclic) bond motifs is 1. The number of aryl methyl sites for hydroxylation is 1. The molecule has 170 valence electrons. The van der Waals surface area contributed by atoms with Crippen LogP contribution in [0.1, 0.15) is 18.2 Å². The average Bonchev–Trinajstić information content (AvgIpc) is 3.22. The van der Waals surface area contributed by atoms with Crippen molar-refractivity contribution in [2.24, 2.45) is 0 Å². The van der Waals surface area contributed by atoms with Crippen molar-refractivity contribution in [1.82, 2.24) is 20.3 Å². The minimum Gasteiger partial charge on any atom is -0.497 e. The molecule has 0 radical (unpaired) electrons. The Bertz CT molecular complexity index is 1340. The van der Waals surface area contributed by atoms with Gasteiger partial charge in [0.25, 0.3) is 5.56 Å². The lowest BCUT2D eigenvalue weighted by molar-refractivity contribution is -0.122. The van der Waals surface area contributed by atoms with Gasteiger partial charge in [0.1, 0.15) is 29.5 Å². The van der Waals surface area contributed by atoms with E-state index in [1.54, 1.807) is 26.2 Å². The van der Waals surface area contributed by atoms with Crippen molar-refractivity contribution in [3.8, 4) is 22.8 Å². The fraction of sp³-hybridized carbons (Fsp3) is 0.250. The lowest BCUT2D eigenvalue weighted by Crippen LogP contribution is -2.34. The van der Waals surface area contributed by atoms with Crippen molar-refractivity contribution >= 4 is 16.8 Å². The SMILES string of the molecule is CCOc1ccccc1CNC(=O)Cn1nc(-c2ccc(OC)cc2)c2c(C)onc2c1=O. The molecule has 0 saturated heterocycles. The van der Waals surface area contributed by atoms with E-state index in [1.807, 2.05) is 43.3 Å². The number of carbonyl (C=O) groups is 1. The Morgan fingerprint density at radius 1 is 1.15 bits per heavy atom. The van der Waals surface area contributed by atoms with E-state index in [-0.39, 0.29) is 24.5 Å². The molecule has 0 atom stereocenters. The van der Waals surface area contributed by atoms with Crippen LogP contribution in [0.25, 0.3) is 22.2 Å². The van der Waals surface area contributed by atoms with E-state index in [1.165, 1.54) is 0 Å². The molecule has 33 heavy (non-hydrogen) atoms. The lowest BCUT2D eigenvalue weighted by Gasteiger charge is -2.12. The van der Waals surface area contributed by atoms with Gasteiger partial charge in [0.2, 0.25) is 5.91 Å². The van der Waals surface area contributed by atoms with Crippen LogP contribution < -0.4 is 20.3 Å². The first-order valence-electron chi connectivity index (χ1n) is 10.5. The number of carbonyl (C=O) groups excluding carboxylic acids is 1. The summed E-state index contributed by atoms with van der Waals surface area (Å²) in [6.07, 6.45) is 0. The van der Waals surface area contributed by atoms with Crippen molar-refractivity contribution in [3.63, 3.8) is 0 Å². The van der Waals surface area contributed by atoms with Crippen LogP contribution >= 0.6 is 0 Å².